The lowest BCUT2D eigenvalue weighted by Crippen LogP contribution is -2.55. The van der Waals surface area contributed by atoms with Gasteiger partial charge in [0.05, 0.1) is 18.0 Å². The topological polar surface area (TPSA) is 117 Å². The Morgan fingerprint density at radius 2 is 2.29 bits per heavy atom. The molecule has 2 aromatic heterocycles. The zero-order chi connectivity index (χ0) is 21.1. The van der Waals surface area contributed by atoms with E-state index < -0.39 is 0 Å². The molecule has 158 valence electrons. The third kappa shape index (κ3) is 2.91. The molecule has 5 heterocycles. The quantitative estimate of drug-likeness (QED) is 0.429. The molecule has 0 saturated carbocycles. The van der Waals surface area contributed by atoms with E-state index in [4.69, 9.17) is 15.9 Å². The number of carbonyl (C=O) groups is 1. The summed E-state index contributed by atoms with van der Waals surface area (Å²) in [4.78, 5) is 26.2. The fourth-order valence-electron chi connectivity index (χ4n) is 4.94. The number of fused-ring (bicyclic) bond motifs is 4. The molecule has 4 N–H and O–H groups in total. The Kier molecular flexibility index (Phi) is 4.22. The highest BCUT2D eigenvalue weighted by atomic mass is 32.1. The minimum absolute atomic E-state index is 0.00809. The third-order valence-electron chi connectivity index (χ3n) is 6.61. The second-order valence-electron chi connectivity index (χ2n) is 8.38. The lowest BCUT2D eigenvalue weighted by atomic mass is 9.85. The number of nitrogens with two attached hydrogens (primary N) is 1. The van der Waals surface area contributed by atoms with Gasteiger partial charge in [0.2, 0.25) is 5.91 Å². The van der Waals surface area contributed by atoms with Crippen molar-refractivity contribution in [1.29, 1.82) is 5.41 Å². The van der Waals surface area contributed by atoms with E-state index in [1.54, 1.807) is 23.7 Å². The third-order valence-corrected chi connectivity index (χ3v) is 7.77. The first-order valence-electron chi connectivity index (χ1n) is 10.5. The number of carbonyl (C=O) groups excluding carboxylic acids is 1. The Bertz CT molecular complexity index is 1210. The molecule has 31 heavy (non-hydrogen) atoms. The van der Waals surface area contributed by atoms with Crippen molar-refractivity contribution < 1.29 is 9.53 Å². The fourth-order valence-corrected chi connectivity index (χ4v) is 6.21. The van der Waals surface area contributed by atoms with Gasteiger partial charge in [0.1, 0.15) is 23.2 Å². The maximum atomic E-state index is 13.0. The van der Waals surface area contributed by atoms with Gasteiger partial charge < -0.3 is 26.1 Å². The fraction of sp³-hybridized carbons (Fsp3) is 0.364. The number of amides is 1. The van der Waals surface area contributed by atoms with Gasteiger partial charge in [0, 0.05) is 40.4 Å². The molecule has 1 aromatic carbocycles. The summed E-state index contributed by atoms with van der Waals surface area (Å²) >= 11 is 1.66. The van der Waals surface area contributed by atoms with E-state index in [0.717, 1.165) is 47.4 Å². The summed E-state index contributed by atoms with van der Waals surface area (Å²) < 4.78 is 5.62. The molecule has 4 aliphatic rings. The average molecular weight is 435 g/mol. The summed E-state index contributed by atoms with van der Waals surface area (Å²) in [7, 11) is 0. The molecule has 1 aliphatic carbocycles. The number of aryl methyl sites for hydroxylation is 1. The van der Waals surface area contributed by atoms with Crippen LogP contribution in [0, 0.1) is 11.3 Å². The van der Waals surface area contributed by atoms with Crippen LogP contribution in [-0.2, 0) is 22.4 Å². The number of benzene rings is 1. The van der Waals surface area contributed by atoms with Gasteiger partial charge in [-0.25, -0.2) is 9.97 Å². The summed E-state index contributed by atoms with van der Waals surface area (Å²) in [6.45, 7) is 0.687. The number of anilines is 3. The number of nitrogens with zero attached hydrogens (tertiary/aromatic N) is 3. The highest BCUT2D eigenvalue weighted by Crippen LogP contribution is 2.43. The number of aromatic nitrogens is 2. The van der Waals surface area contributed by atoms with Gasteiger partial charge >= 0.3 is 0 Å². The summed E-state index contributed by atoms with van der Waals surface area (Å²) in [6, 6.07) is 5.79. The van der Waals surface area contributed by atoms with Crippen molar-refractivity contribution in [3.8, 4) is 0 Å². The number of hydrogen-bond acceptors (Lipinski definition) is 8. The van der Waals surface area contributed by atoms with Crippen LogP contribution in [-0.4, -0.2) is 45.9 Å². The van der Waals surface area contributed by atoms with Gasteiger partial charge in [-0.2, -0.15) is 0 Å². The van der Waals surface area contributed by atoms with E-state index in [2.05, 4.69) is 15.3 Å². The van der Waals surface area contributed by atoms with Crippen LogP contribution in [0.2, 0.25) is 0 Å². The second-order valence-corrected chi connectivity index (χ2v) is 9.47. The predicted molar refractivity (Wildman–Crippen MR) is 120 cm³/mol. The zero-order valence-corrected chi connectivity index (χ0v) is 17.6. The molecule has 3 saturated heterocycles. The maximum Gasteiger partial charge on any atom is 0.228 e. The van der Waals surface area contributed by atoms with Crippen LogP contribution in [0.3, 0.4) is 0 Å². The Labute approximate surface area is 182 Å². The molecule has 0 spiro atoms. The van der Waals surface area contributed by atoms with Crippen LogP contribution in [0.5, 0.6) is 0 Å². The number of nitrogens with one attached hydrogen (secondary N) is 2. The minimum Gasteiger partial charge on any atom is -0.398 e. The standard InChI is InChI=1S/C22H22N6O2S/c23-8-12-5-13(2-4-16(12)24)27-20-19-15-3-1-11(6-17(15)31-21(19)26-10-25-20)22(29)28-14-7-18(28)30-9-14/h2,4-5,8,10-11,14,18,23H,1,3,6-7,9,24H2,(H,25,26,27). The lowest BCUT2D eigenvalue weighted by molar-refractivity contribution is -0.151. The number of rotatable bonds is 4. The van der Waals surface area contributed by atoms with Crippen molar-refractivity contribution in [2.45, 2.75) is 38.0 Å². The van der Waals surface area contributed by atoms with Crippen molar-refractivity contribution in [2.75, 3.05) is 17.7 Å². The van der Waals surface area contributed by atoms with E-state index in [9.17, 15) is 4.79 Å². The number of hydrogen-bond donors (Lipinski definition) is 3. The number of nitrogen functional groups attached to an aromatic ring is 1. The first-order chi connectivity index (χ1) is 15.1. The molecule has 0 radical (unpaired) electrons. The molecule has 1 amide bonds. The Balaban J connectivity index is 1.30. The van der Waals surface area contributed by atoms with Gasteiger partial charge in [-0.05, 0) is 43.0 Å². The number of thiophene rings is 1. The molecular formula is C22H22N6O2S. The Morgan fingerprint density at radius 1 is 1.39 bits per heavy atom. The highest BCUT2D eigenvalue weighted by molar-refractivity contribution is 7.19. The summed E-state index contributed by atoms with van der Waals surface area (Å²) in [5, 5.41) is 11.9. The van der Waals surface area contributed by atoms with Gasteiger partial charge in [-0.3, -0.25) is 4.79 Å². The largest absolute Gasteiger partial charge is 0.398 e. The smallest absolute Gasteiger partial charge is 0.228 e. The Hall–Kier alpha value is -3.04. The molecule has 3 unspecified atom stereocenters. The van der Waals surface area contributed by atoms with Crippen LogP contribution in [0.1, 0.15) is 28.8 Å². The minimum atomic E-state index is 0.00809. The van der Waals surface area contributed by atoms with E-state index in [-0.39, 0.29) is 24.1 Å². The molecule has 3 aliphatic heterocycles. The van der Waals surface area contributed by atoms with Crippen molar-refractivity contribution in [3.05, 3.63) is 40.5 Å². The second kappa shape index (κ2) is 7.00. The molecule has 7 rings (SSSR count). The normalized spacial score (nSPS) is 24.0. The first-order valence-corrected chi connectivity index (χ1v) is 11.3. The van der Waals surface area contributed by atoms with Crippen molar-refractivity contribution in [2.24, 2.45) is 5.92 Å². The van der Waals surface area contributed by atoms with Gasteiger partial charge in [-0.15, -0.1) is 11.3 Å². The van der Waals surface area contributed by atoms with Crippen molar-refractivity contribution in [1.82, 2.24) is 14.9 Å². The molecule has 3 fully saturated rings. The summed E-state index contributed by atoms with van der Waals surface area (Å²) in [6.07, 6.45) is 6.24. The van der Waals surface area contributed by atoms with Crippen molar-refractivity contribution in [3.63, 3.8) is 0 Å². The number of ether oxygens (including phenoxy) is 1. The van der Waals surface area contributed by atoms with E-state index in [0.29, 0.717) is 17.9 Å². The average Bonchev–Trinajstić information content (AvgIpc) is 3.49. The lowest BCUT2D eigenvalue weighted by Gasteiger charge is -2.40. The molecule has 3 atom stereocenters. The zero-order valence-electron chi connectivity index (χ0n) is 16.8. The molecule has 9 heteroatoms. The maximum absolute atomic E-state index is 13.0. The van der Waals surface area contributed by atoms with E-state index in [1.807, 2.05) is 17.0 Å². The predicted octanol–water partition coefficient (Wildman–Crippen LogP) is 3.08. The van der Waals surface area contributed by atoms with Crippen LogP contribution in [0.25, 0.3) is 10.2 Å². The van der Waals surface area contributed by atoms with Crippen LogP contribution >= 0.6 is 11.3 Å². The SMILES string of the molecule is N=Cc1cc(Nc2ncnc3sc4c(c23)CCC(C(=O)N2C3COC2C3)C4)ccc1N. The van der Waals surface area contributed by atoms with Gasteiger partial charge in [0.25, 0.3) is 0 Å². The molecule has 8 nitrogen and oxygen atoms in total. The van der Waals surface area contributed by atoms with Crippen LogP contribution in [0.4, 0.5) is 17.2 Å². The van der Waals surface area contributed by atoms with Gasteiger partial charge in [0.15, 0.2) is 0 Å². The monoisotopic (exact) mass is 434 g/mol. The van der Waals surface area contributed by atoms with E-state index >= 15 is 0 Å². The molecule has 3 aromatic rings. The van der Waals surface area contributed by atoms with Crippen LogP contribution < -0.4 is 11.1 Å². The van der Waals surface area contributed by atoms with E-state index in [1.165, 1.54) is 16.7 Å². The first kappa shape index (κ1) is 18.7. The van der Waals surface area contributed by atoms with Crippen LogP contribution in [0.15, 0.2) is 24.5 Å². The highest BCUT2D eigenvalue weighted by Gasteiger charge is 2.50. The summed E-state index contributed by atoms with van der Waals surface area (Å²) in [5.41, 5.74) is 9.21. The van der Waals surface area contributed by atoms with Crippen molar-refractivity contribution >= 4 is 50.9 Å². The Morgan fingerprint density at radius 3 is 3.06 bits per heavy atom. The molecule has 2 bridgehead atoms. The molecular weight excluding hydrogens is 412 g/mol. The summed E-state index contributed by atoms with van der Waals surface area (Å²) in [5.74, 6) is 1.01. The van der Waals surface area contributed by atoms with Gasteiger partial charge in [-0.1, -0.05) is 0 Å².